The van der Waals surface area contributed by atoms with Crippen molar-refractivity contribution in [1.29, 1.82) is 0 Å². The minimum atomic E-state index is -0.387. The number of hydrogen-bond donors (Lipinski definition) is 2. The number of H-pyrrole nitrogens is 1. The van der Waals surface area contributed by atoms with Crippen LogP contribution in [0.25, 0.3) is 0 Å². The summed E-state index contributed by atoms with van der Waals surface area (Å²) in [7, 11) is 0. The second kappa shape index (κ2) is 9.03. The Morgan fingerprint density at radius 3 is 2.64 bits per heavy atom. The van der Waals surface area contributed by atoms with Crippen molar-refractivity contribution < 1.29 is 14.3 Å². The van der Waals surface area contributed by atoms with Gasteiger partial charge in [0.25, 0.3) is 5.56 Å². The van der Waals surface area contributed by atoms with Gasteiger partial charge in [-0.3, -0.25) is 9.59 Å². The van der Waals surface area contributed by atoms with E-state index in [1.165, 1.54) is 12.3 Å². The Morgan fingerprint density at radius 2 is 2.00 bits per heavy atom. The summed E-state index contributed by atoms with van der Waals surface area (Å²) in [5.74, 6) is -0.529. The molecule has 2 rings (SSSR count). The van der Waals surface area contributed by atoms with E-state index in [-0.39, 0.29) is 29.3 Å². The number of hydrogen-bond acceptors (Lipinski definition) is 6. The van der Waals surface area contributed by atoms with E-state index < -0.39 is 0 Å². The number of nitrogens with one attached hydrogen (secondary N) is 2. The predicted octanol–water partition coefficient (Wildman–Crippen LogP) is 2.46. The van der Waals surface area contributed by atoms with E-state index in [1.54, 1.807) is 24.3 Å². The van der Waals surface area contributed by atoms with Crippen molar-refractivity contribution in [3.05, 3.63) is 52.4 Å². The third kappa shape index (κ3) is 6.07. The average Bonchev–Trinajstić information content (AvgIpc) is 2.60. The summed E-state index contributed by atoms with van der Waals surface area (Å²) in [6.45, 7) is 3.77. The summed E-state index contributed by atoms with van der Waals surface area (Å²) in [4.78, 5) is 41.5. The van der Waals surface area contributed by atoms with Crippen molar-refractivity contribution in [3.8, 4) is 0 Å². The Hall–Kier alpha value is -2.61. The number of amides is 1. The van der Waals surface area contributed by atoms with Gasteiger partial charge in [0.05, 0.1) is 17.4 Å². The molecule has 0 saturated carbocycles. The lowest BCUT2D eigenvalue weighted by atomic mass is 10.2. The van der Waals surface area contributed by atoms with E-state index in [0.717, 1.165) is 18.2 Å². The van der Waals surface area contributed by atoms with Crippen LogP contribution in [0, 0.1) is 0 Å². The number of aromatic nitrogens is 2. The molecule has 0 aliphatic rings. The largest absolute Gasteiger partial charge is 0.459 e. The van der Waals surface area contributed by atoms with Gasteiger partial charge in [0.15, 0.2) is 5.16 Å². The number of aromatic amines is 1. The smallest absolute Gasteiger partial charge is 0.338 e. The van der Waals surface area contributed by atoms with Gasteiger partial charge in [-0.05, 0) is 37.6 Å². The van der Waals surface area contributed by atoms with Crippen LogP contribution in [0.4, 0.5) is 5.69 Å². The molecular formula is C17H19N3O4S. The molecule has 0 aliphatic heterocycles. The molecule has 1 atom stereocenters. The third-order valence-corrected chi connectivity index (χ3v) is 4.16. The third-order valence-electron chi connectivity index (χ3n) is 3.28. The molecule has 1 aromatic heterocycles. The van der Waals surface area contributed by atoms with Crippen molar-refractivity contribution >= 4 is 29.3 Å². The Bertz CT molecular complexity index is 789. The number of thioether (sulfide) groups is 1. The standard InChI is InChI=1S/C17H19N3O4S/c1-3-11(2)24-16(23)12-4-6-13(7-5-12)19-15(22)10-25-17-18-9-8-14(21)20-17/h4-9,11H,3,10H2,1-2H3,(H,19,22)(H,18,20,21)/t11-/m0/s1. The monoisotopic (exact) mass is 361 g/mol. The molecule has 1 heterocycles. The van der Waals surface area contributed by atoms with Gasteiger partial charge < -0.3 is 15.0 Å². The first kappa shape index (κ1) is 18.7. The van der Waals surface area contributed by atoms with Gasteiger partial charge in [0, 0.05) is 18.0 Å². The highest BCUT2D eigenvalue weighted by molar-refractivity contribution is 7.99. The molecule has 1 amide bonds. The van der Waals surface area contributed by atoms with Crippen molar-refractivity contribution in [2.75, 3.05) is 11.1 Å². The summed E-state index contributed by atoms with van der Waals surface area (Å²) in [6, 6.07) is 7.78. The SMILES string of the molecule is CC[C@H](C)OC(=O)c1ccc(NC(=O)CSc2nccc(=O)[nH]2)cc1. The number of rotatable bonds is 7. The molecule has 25 heavy (non-hydrogen) atoms. The molecule has 0 radical (unpaired) electrons. The zero-order valence-corrected chi connectivity index (χ0v) is 14.8. The van der Waals surface area contributed by atoms with Crippen molar-refractivity contribution in [1.82, 2.24) is 9.97 Å². The second-order valence-electron chi connectivity index (χ2n) is 5.28. The molecule has 2 aromatic rings. The minimum Gasteiger partial charge on any atom is -0.459 e. The maximum Gasteiger partial charge on any atom is 0.338 e. The van der Waals surface area contributed by atoms with E-state index in [9.17, 15) is 14.4 Å². The molecule has 7 nitrogen and oxygen atoms in total. The zero-order valence-electron chi connectivity index (χ0n) is 13.9. The second-order valence-corrected chi connectivity index (χ2v) is 6.24. The lowest BCUT2D eigenvalue weighted by Crippen LogP contribution is -2.16. The molecule has 0 bridgehead atoms. The number of esters is 1. The van der Waals surface area contributed by atoms with Crippen LogP contribution >= 0.6 is 11.8 Å². The summed E-state index contributed by atoms with van der Waals surface area (Å²) in [5, 5.41) is 3.09. The minimum absolute atomic E-state index is 0.102. The number of carbonyl (C=O) groups is 2. The highest BCUT2D eigenvalue weighted by atomic mass is 32.2. The van der Waals surface area contributed by atoms with E-state index >= 15 is 0 Å². The maximum atomic E-state index is 11.9. The number of anilines is 1. The highest BCUT2D eigenvalue weighted by Gasteiger charge is 2.11. The van der Waals surface area contributed by atoms with Crippen LogP contribution in [0.5, 0.6) is 0 Å². The van der Waals surface area contributed by atoms with Crippen molar-refractivity contribution in [3.63, 3.8) is 0 Å². The molecule has 0 aliphatic carbocycles. The van der Waals surface area contributed by atoms with Crippen molar-refractivity contribution in [2.24, 2.45) is 0 Å². The first-order valence-corrected chi connectivity index (χ1v) is 8.75. The van der Waals surface area contributed by atoms with Gasteiger partial charge in [-0.25, -0.2) is 9.78 Å². The van der Waals surface area contributed by atoms with E-state index in [4.69, 9.17) is 4.74 Å². The Kier molecular flexibility index (Phi) is 6.76. The lowest BCUT2D eigenvalue weighted by molar-refractivity contribution is -0.113. The van der Waals surface area contributed by atoms with Crippen LogP contribution in [0.15, 0.2) is 46.5 Å². The number of ether oxygens (including phenoxy) is 1. The summed E-state index contributed by atoms with van der Waals surface area (Å²) in [5.41, 5.74) is 0.733. The molecule has 1 aromatic carbocycles. The number of nitrogens with zero attached hydrogens (tertiary/aromatic N) is 1. The highest BCUT2D eigenvalue weighted by Crippen LogP contribution is 2.14. The van der Waals surface area contributed by atoms with Crippen LogP contribution in [-0.2, 0) is 9.53 Å². The predicted molar refractivity (Wildman–Crippen MR) is 95.8 cm³/mol. The number of carbonyl (C=O) groups excluding carboxylic acids is 2. The van der Waals surface area contributed by atoms with Crippen LogP contribution < -0.4 is 10.9 Å². The van der Waals surface area contributed by atoms with Gasteiger partial charge >= 0.3 is 5.97 Å². The molecule has 2 N–H and O–H groups in total. The average molecular weight is 361 g/mol. The summed E-state index contributed by atoms with van der Waals surface area (Å²) in [6.07, 6.45) is 2.00. The van der Waals surface area contributed by atoms with Crippen molar-refractivity contribution in [2.45, 2.75) is 31.5 Å². The molecule has 0 spiro atoms. The number of benzene rings is 1. The Morgan fingerprint density at radius 1 is 1.28 bits per heavy atom. The molecule has 0 fully saturated rings. The summed E-state index contributed by atoms with van der Waals surface area (Å²) < 4.78 is 5.24. The first-order chi connectivity index (χ1) is 12.0. The van der Waals surface area contributed by atoms with Gasteiger partial charge in [-0.1, -0.05) is 18.7 Å². The molecule has 8 heteroatoms. The normalized spacial score (nSPS) is 11.6. The van der Waals surface area contributed by atoms with Crippen LogP contribution in [0.2, 0.25) is 0 Å². The fourth-order valence-corrected chi connectivity index (χ4v) is 2.43. The van der Waals surface area contributed by atoms with E-state index in [2.05, 4.69) is 15.3 Å². The molecule has 0 saturated heterocycles. The summed E-state index contributed by atoms with van der Waals surface area (Å²) >= 11 is 1.13. The Balaban J connectivity index is 1.86. The quantitative estimate of drug-likeness (QED) is 0.446. The lowest BCUT2D eigenvalue weighted by Gasteiger charge is -2.11. The topological polar surface area (TPSA) is 101 Å². The van der Waals surface area contributed by atoms with E-state index in [1.807, 2.05) is 13.8 Å². The zero-order chi connectivity index (χ0) is 18.2. The van der Waals surface area contributed by atoms with Gasteiger partial charge in [-0.15, -0.1) is 0 Å². The van der Waals surface area contributed by atoms with Gasteiger partial charge in [0.1, 0.15) is 0 Å². The molecular weight excluding hydrogens is 342 g/mol. The molecule has 0 unspecified atom stereocenters. The van der Waals surface area contributed by atoms with Gasteiger partial charge in [0.2, 0.25) is 5.91 Å². The fraction of sp³-hybridized carbons (Fsp3) is 0.294. The molecule has 132 valence electrons. The van der Waals surface area contributed by atoms with Crippen LogP contribution in [0.3, 0.4) is 0 Å². The fourth-order valence-electron chi connectivity index (χ4n) is 1.78. The maximum absolute atomic E-state index is 11.9. The van der Waals surface area contributed by atoms with Crippen LogP contribution in [0.1, 0.15) is 30.6 Å². The van der Waals surface area contributed by atoms with Crippen LogP contribution in [-0.4, -0.2) is 33.7 Å². The Labute approximate surface area is 149 Å². The van der Waals surface area contributed by atoms with E-state index in [0.29, 0.717) is 16.4 Å². The van der Waals surface area contributed by atoms with Gasteiger partial charge in [-0.2, -0.15) is 0 Å². The first-order valence-electron chi connectivity index (χ1n) is 7.77.